The Morgan fingerprint density at radius 1 is 1.36 bits per heavy atom. The highest BCUT2D eigenvalue weighted by atomic mass is 19.1. The number of para-hydroxylation sites is 1. The Labute approximate surface area is 63.4 Å². The molecule has 0 fully saturated rings. The fourth-order valence-corrected chi connectivity index (χ4v) is 1.15. The zero-order valence-electron chi connectivity index (χ0n) is 6.10. The molecule has 1 nitrogen and oxygen atoms in total. The van der Waals surface area contributed by atoms with Crippen molar-refractivity contribution in [2.75, 3.05) is 0 Å². The summed E-state index contributed by atoms with van der Waals surface area (Å²) in [5.74, 6) is -0.296. The molecule has 0 spiro atoms. The Kier molecular flexibility index (Phi) is 1.22. The summed E-state index contributed by atoms with van der Waals surface area (Å²) < 4.78 is 17.9. The van der Waals surface area contributed by atoms with Crippen LogP contribution in [0.15, 0.2) is 28.9 Å². The molecule has 0 aliphatic rings. The van der Waals surface area contributed by atoms with Crippen molar-refractivity contribution < 1.29 is 8.81 Å². The third-order valence-corrected chi connectivity index (χ3v) is 1.75. The molecule has 1 aromatic carbocycles. The van der Waals surface area contributed by atoms with Gasteiger partial charge in [0.2, 0.25) is 0 Å². The molecule has 0 aliphatic carbocycles. The predicted molar refractivity (Wildman–Crippen MR) is 40.9 cm³/mol. The van der Waals surface area contributed by atoms with Gasteiger partial charge in [0, 0.05) is 5.39 Å². The quantitative estimate of drug-likeness (QED) is 0.562. The van der Waals surface area contributed by atoms with Crippen LogP contribution < -0.4 is 0 Å². The van der Waals surface area contributed by atoms with Crippen molar-refractivity contribution in [3.8, 4) is 0 Å². The molecule has 11 heavy (non-hydrogen) atoms. The van der Waals surface area contributed by atoms with E-state index < -0.39 is 0 Å². The molecule has 1 aromatic heterocycles. The third-order valence-electron chi connectivity index (χ3n) is 1.75. The van der Waals surface area contributed by atoms with Crippen LogP contribution in [0, 0.1) is 12.7 Å². The van der Waals surface area contributed by atoms with E-state index in [0.717, 1.165) is 10.9 Å². The van der Waals surface area contributed by atoms with Gasteiger partial charge in [-0.05, 0) is 18.6 Å². The average molecular weight is 150 g/mol. The van der Waals surface area contributed by atoms with Gasteiger partial charge >= 0.3 is 0 Å². The molecule has 0 unspecified atom stereocenters. The minimum absolute atomic E-state index is 0.296. The summed E-state index contributed by atoms with van der Waals surface area (Å²) in [5.41, 5.74) is 1.32. The van der Waals surface area contributed by atoms with E-state index in [2.05, 4.69) is 0 Å². The first kappa shape index (κ1) is 6.40. The van der Waals surface area contributed by atoms with Crippen LogP contribution in [0.1, 0.15) is 5.56 Å². The molecule has 0 aliphatic heterocycles. The lowest BCUT2D eigenvalue weighted by atomic mass is 10.2. The number of rotatable bonds is 0. The van der Waals surface area contributed by atoms with Gasteiger partial charge in [-0.3, -0.25) is 0 Å². The van der Waals surface area contributed by atoms with Crippen molar-refractivity contribution >= 4 is 11.0 Å². The molecule has 0 atom stereocenters. The molecule has 0 N–H and O–H groups in total. The lowest BCUT2D eigenvalue weighted by molar-refractivity contribution is 0.559. The van der Waals surface area contributed by atoms with E-state index in [1.807, 2.05) is 13.0 Å². The summed E-state index contributed by atoms with van der Waals surface area (Å²) in [7, 11) is 0. The fraction of sp³-hybridized carbons (Fsp3) is 0.111. The zero-order valence-corrected chi connectivity index (χ0v) is 6.10. The maximum Gasteiger partial charge on any atom is 0.169 e. The summed E-state index contributed by atoms with van der Waals surface area (Å²) in [6, 6.07) is 4.92. The van der Waals surface area contributed by atoms with Crippen LogP contribution in [0.25, 0.3) is 11.0 Å². The van der Waals surface area contributed by atoms with Crippen molar-refractivity contribution in [2.45, 2.75) is 6.92 Å². The highest BCUT2D eigenvalue weighted by molar-refractivity contribution is 5.81. The highest BCUT2D eigenvalue weighted by Gasteiger charge is 2.04. The van der Waals surface area contributed by atoms with Crippen LogP contribution in [0.2, 0.25) is 0 Å². The van der Waals surface area contributed by atoms with Gasteiger partial charge in [0.05, 0.1) is 6.26 Å². The van der Waals surface area contributed by atoms with Crippen molar-refractivity contribution in [1.82, 2.24) is 0 Å². The first-order chi connectivity index (χ1) is 5.29. The molecule has 2 aromatic rings. The summed E-state index contributed by atoms with van der Waals surface area (Å²) in [6.45, 7) is 1.89. The van der Waals surface area contributed by atoms with E-state index >= 15 is 0 Å². The first-order valence-corrected chi connectivity index (χ1v) is 3.41. The number of benzene rings is 1. The minimum atomic E-state index is -0.296. The van der Waals surface area contributed by atoms with Crippen molar-refractivity contribution in [3.63, 3.8) is 0 Å². The molecule has 2 rings (SSSR count). The van der Waals surface area contributed by atoms with E-state index in [0.29, 0.717) is 5.58 Å². The Bertz CT molecular complexity index is 389. The molecular formula is C9H7FO. The van der Waals surface area contributed by atoms with Gasteiger partial charge in [0.15, 0.2) is 11.4 Å². The number of hydrogen-bond acceptors (Lipinski definition) is 1. The third kappa shape index (κ3) is 0.827. The Hall–Kier alpha value is -1.31. The summed E-state index contributed by atoms with van der Waals surface area (Å²) >= 11 is 0. The second-order valence-corrected chi connectivity index (χ2v) is 2.54. The van der Waals surface area contributed by atoms with E-state index in [4.69, 9.17) is 4.42 Å². The van der Waals surface area contributed by atoms with Crippen LogP contribution in [0.4, 0.5) is 4.39 Å². The van der Waals surface area contributed by atoms with Gasteiger partial charge in [-0.2, -0.15) is 0 Å². The molecule has 0 saturated heterocycles. The molecule has 1 heterocycles. The van der Waals surface area contributed by atoms with Gasteiger partial charge < -0.3 is 4.42 Å². The van der Waals surface area contributed by atoms with Gasteiger partial charge in [-0.25, -0.2) is 4.39 Å². The summed E-state index contributed by atoms with van der Waals surface area (Å²) in [6.07, 6.45) is 1.56. The van der Waals surface area contributed by atoms with Gasteiger partial charge in [-0.15, -0.1) is 0 Å². The van der Waals surface area contributed by atoms with E-state index in [1.165, 1.54) is 6.07 Å². The highest BCUT2D eigenvalue weighted by Crippen LogP contribution is 2.22. The number of furan rings is 1. The first-order valence-electron chi connectivity index (χ1n) is 3.41. The Balaban J connectivity index is 2.94. The molecular weight excluding hydrogens is 143 g/mol. The van der Waals surface area contributed by atoms with Crippen LogP contribution >= 0.6 is 0 Å². The topological polar surface area (TPSA) is 13.1 Å². The van der Waals surface area contributed by atoms with Crippen molar-refractivity contribution in [2.24, 2.45) is 0 Å². The van der Waals surface area contributed by atoms with Crippen LogP contribution in [-0.4, -0.2) is 0 Å². The summed E-state index contributed by atoms with van der Waals surface area (Å²) in [5, 5.41) is 0.852. The van der Waals surface area contributed by atoms with E-state index in [-0.39, 0.29) is 5.82 Å². The second kappa shape index (κ2) is 2.09. The average Bonchev–Trinajstić information content (AvgIpc) is 2.35. The molecule has 56 valence electrons. The van der Waals surface area contributed by atoms with Crippen molar-refractivity contribution in [3.05, 3.63) is 35.8 Å². The molecule has 0 amide bonds. The van der Waals surface area contributed by atoms with Crippen molar-refractivity contribution in [1.29, 1.82) is 0 Å². The number of hydrogen-bond donors (Lipinski definition) is 0. The number of aryl methyl sites for hydroxylation is 1. The van der Waals surface area contributed by atoms with Crippen LogP contribution in [-0.2, 0) is 0 Å². The maximum absolute atomic E-state index is 12.9. The van der Waals surface area contributed by atoms with E-state index in [1.54, 1.807) is 12.3 Å². The zero-order chi connectivity index (χ0) is 7.84. The monoisotopic (exact) mass is 150 g/mol. The number of fused-ring (bicyclic) bond motifs is 1. The SMILES string of the molecule is Cc1coc2c(F)cccc12. The van der Waals surface area contributed by atoms with E-state index in [9.17, 15) is 4.39 Å². The lowest BCUT2D eigenvalue weighted by Gasteiger charge is -1.88. The smallest absolute Gasteiger partial charge is 0.169 e. The predicted octanol–water partition coefficient (Wildman–Crippen LogP) is 2.88. The molecule has 0 saturated carbocycles. The minimum Gasteiger partial charge on any atom is -0.461 e. The Morgan fingerprint density at radius 3 is 2.91 bits per heavy atom. The second-order valence-electron chi connectivity index (χ2n) is 2.54. The van der Waals surface area contributed by atoms with Crippen LogP contribution in [0.5, 0.6) is 0 Å². The molecule has 2 heteroatoms. The van der Waals surface area contributed by atoms with Crippen LogP contribution in [0.3, 0.4) is 0 Å². The molecule has 0 bridgehead atoms. The maximum atomic E-state index is 12.9. The molecule has 0 radical (unpaired) electrons. The largest absolute Gasteiger partial charge is 0.461 e. The van der Waals surface area contributed by atoms with Gasteiger partial charge in [0.25, 0.3) is 0 Å². The van der Waals surface area contributed by atoms with Gasteiger partial charge in [0.1, 0.15) is 0 Å². The lowest BCUT2D eigenvalue weighted by Crippen LogP contribution is -1.73. The normalized spacial score (nSPS) is 10.7. The van der Waals surface area contributed by atoms with Gasteiger partial charge in [-0.1, -0.05) is 12.1 Å². The fourth-order valence-electron chi connectivity index (χ4n) is 1.15. The summed E-state index contributed by atoms with van der Waals surface area (Å²) in [4.78, 5) is 0. The number of halogens is 1. The Morgan fingerprint density at radius 2 is 2.18 bits per heavy atom. The standard InChI is InChI=1S/C9H7FO/c1-6-5-11-9-7(6)3-2-4-8(9)10/h2-5H,1H3.